The summed E-state index contributed by atoms with van der Waals surface area (Å²) in [6, 6.07) is -1.48. The Bertz CT molecular complexity index is 567. The van der Waals surface area contributed by atoms with E-state index in [4.69, 9.17) is 10.2 Å². The number of carbonyl (C=O) groups is 2. The minimum Gasteiger partial charge on any atom is -0.481 e. The van der Waals surface area contributed by atoms with E-state index in [1.165, 1.54) is 7.05 Å². The van der Waals surface area contributed by atoms with Crippen molar-refractivity contribution in [2.75, 3.05) is 5.32 Å². The van der Waals surface area contributed by atoms with Crippen LogP contribution in [0, 0.1) is 10.1 Å². The number of carboxylic acid groups (broad SMARTS) is 2. The standard InChI is InChI=1S/C11H16N4O6/c1-3-4-6-9(15(20)21)10(14(2)13-6)12-7(11(18)19)5-8(16)17/h7,12H,3-5H2,1-2H3,(H,16,17)(H,18,19). The molecule has 10 heteroatoms. The number of aromatic nitrogens is 2. The fourth-order valence-corrected chi connectivity index (χ4v) is 1.87. The number of aryl methyl sites for hydroxylation is 2. The maximum absolute atomic E-state index is 11.2. The quantitative estimate of drug-likeness (QED) is 0.467. The molecule has 1 aromatic rings. The molecule has 1 atom stereocenters. The lowest BCUT2D eigenvalue weighted by Gasteiger charge is -2.13. The van der Waals surface area contributed by atoms with E-state index in [1.807, 2.05) is 6.92 Å². The predicted molar refractivity (Wildman–Crippen MR) is 71.2 cm³/mol. The summed E-state index contributed by atoms with van der Waals surface area (Å²) in [7, 11) is 1.42. The Hall–Kier alpha value is -2.65. The summed E-state index contributed by atoms with van der Waals surface area (Å²) in [5, 5.41) is 35.2. The molecule has 0 aliphatic heterocycles. The smallest absolute Gasteiger partial charge is 0.334 e. The van der Waals surface area contributed by atoms with Gasteiger partial charge in [0.1, 0.15) is 11.7 Å². The van der Waals surface area contributed by atoms with Gasteiger partial charge >= 0.3 is 17.6 Å². The largest absolute Gasteiger partial charge is 0.481 e. The fourth-order valence-electron chi connectivity index (χ4n) is 1.87. The van der Waals surface area contributed by atoms with Gasteiger partial charge in [-0.3, -0.25) is 14.9 Å². The van der Waals surface area contributed by atoms with Crippen LogP contribution in [-0.4, -0.2) is 42.9 Å². The summed E-state index contributed by atoms with van der Waals surface area (Å²) in [5.74, 6) is -2.85. The van der Waals surface area contributed by atoms with Gasteiger partial charge in [-0.25, -0.2) is 9.48 Å². The van der Waals surface area contributed by atoms with Crippen LogP contribution in [0.15, 0.2) is 0 Å². The Morgan fingerprint density at radius 2 is 2.10 bits per heavy atom. The van der Waals surface area contributed by atoms with Gasteiger partial charge in [-0.2, -0.15) is 5.10 Å². The summed E-state index contributed by atoms with van der Waals surface area (Å²) >= 11 is 0. The molecule has 0 spiro atoms. The molecule has 1 unspecified atom stereocenters. The lowest BCUT2D eigenvalue weighted by molar-refractivity contribution is -0.384. The van der Waals surface area contributed by atoms with Gasteiger partial charge in [0, 0.05) is 7.05 Å². The van der Waals surface area contributed by atoms with Gasteiger partial charge in [-0.1, -0.05) is 13.3 Å². The third kappa shape index (κ3) is 3.91. The Kier molecular flexibility index (Phi) is 5.22. The molecule has 0 aliphatic carbocycles. The minimum atomic E-state index is -1.48. The third-order valence-electron chi connectivity index (χ3n) is 2.75. The third-order valence-corrected chi connectivity index (χ3v) is 2.75. The van der Waals surface area contributed by atoms with Crippen molar-refractivity contribution in [2.45, 2.75) is 32.2 Å². The Morgan fingerprint density at radius 1 is 1.48 bits per heavy atom. The van der Waals surface area contributed by atoms with Crippen LogP contribution in [0.25, 0.3) is 0 Å². The summed E-state index contributed by atoms with van der Waals surface area (Å²) in [6.07, 6.45) is 0.290. The van der Waals surface area contributed by atoms with Crippen molar-refractivity contribution in [3.63, 3.8) is 0 Å². The van der Waals surface area contributed by atoms with Crippen LogP contribution >= 0.6 is 0 Å². The first-order valence-electron chi connectivity index (χ1n) is 6.19. The second kappa shape index (κ2) is 6.68. The number of hydrogen-bond donors (Lipinski definition) is 3. The number of aliphatic carboxylic acids is 2. The molecule has 1 rings (SSSR count). The second-order valence-electron chi connectivity index (χ2n) is 4.41. The van der Waals surface area contributed by atoms with Crippen molar-refractivity contribution in [3.8, 4) is 0 Å². The molecule has 1 aromatic heterocycles. The molecule has 0 aromatic carbocycles. The van der Waals surface area contributed by atoms with Crippen molar-refractivity contribution in [1.82, 2.24) is 9.78 Å². The number of nitrogens with one attached hydrogen (secondary N) is 1. The first-order valence-corrected chi connectivity index (χ1v) is 6.19. The number of rotatable bonds is 8. The van der Waals surface area contributed by atoms with Crippen molar-refractivity contribution in [1.29, 1.82) is 0 Å². The minimum absolute atomic E-state index is 0.114. The van der Waals surface area contributed by atoms with E-state index >= 15 is 0 Å². The molecule has 0 saturated heterocycles. The first-order chi connectivity index (χ1) is 9.77. The van der Waals surface area contributed by atoms with Gasteiger partial charge in [0.05, 0.1) is 11.3 Å². The zero-order valence-corrected chi connectivity index (χ0v) is 11.6. The van der Waals surface area contributed by atoms with Crippen molar-refractivity contribution in [2.24, 2.45) is 7.05 Å². The number of nitrogens with zero attached hydrogens (tertiary/aromatic N) is 3. The lowest BCUT2D eigenvalue weighted by atomic mass is 10.2. The van der Waals surface area contributed by atoms with E-state index in [-0.39, 0.29) is 17.2 Å². The molecule has 116 valence electrons. The second-order valence-corrected chi connectivity index (χ2v) is 4.41. The summed E-state index contributed by atoms with van der Waals surface area (Å²) < 4.78 is 1.15. The Morgan fingerprint density at radius 3 is 2.52 bits per heavy atom. The van der Waals surface area contributed by atoms with E-state index in [1.54, 1.807) is 0 Å². The van der Waals surface area contributed by atoms with Crippen molar-refractivity contribution >= 4 is 23.4 Å². The normalized spacial score (nSPS) is 11.9. The molecular weight excluding hydrogens is 284 g/mol. The number of hydrogen-bond acceptors (Lipinski definition) is 6. The van der Waals surface area contributed by atoms with Gasteiger partial charge in [0.25, 0.3) is 0 Å². The van der Waals surface area contributed by atoms with E-state index in [0.717, 1.165) is 4.68 Å². The zero-order chi connectivity index (χ0) is 16.2. The highest BCUT2D eigenvalue weighted by Gasteiger charge is 2.30. The molecule has 10 nitrogen and oxygen atoms in total. The SMILES string of the molecule is CCCc1nn(C)c(NC(CC(=O)O)C(=O)O)c1[N+](=O)[O-]. The van der Waals surface area contributed by atoms with Crippen LogP contribution in [0.2, 0.25) is 0 Å². The number of carboxylic acids is 2. The molecule has 21 heavy (non-hydrogen) atoms. The molecule has 0 radical (unpaired) electrons. The maximum Gasteiger partial charge on any atom is 0.334 e. The monoisotopic (exact) mass is 300 g/mol. The average Bonchev–Trinajstić information content (AvgIpc) is 2.64. The highest BCUT2D eigenvalue weighted by atomic mass is 16.6. The summed E-state index contributed by atoms with van der Waals surface area (Å²) in [6.45, 7) is 1.83. The van der Waals surface area contributed by atoms with E-state index in [2.05, 4.69) is 10.4 Å². The molecular formula is C11H16N4O6. The maximum atomic E-state index is 11.2. The van der Waals surface area contributed by atoms with Crippen LogP contribution in [-0.2, 0) is 23.1 Å². The van der Waals surface area contributed by atoms with Crippen LogP contribution in [0.1, 0.15) is 25.5 Å². The summed E-state index contributed by atoms with van der Waals surface area (Å²) in [4.78, 5) is 32.2. The topological polar surface area (TPSA) is 148 Å². The van der Waals surface area contributed by atoms with Crippen LogP contribution < -0.4 is 5.32 Å². The number of anilines is 1. The number of nitro groups is 1. The average molecular weight is 300 g/mol. The molecule has 1 heterocycles. The Labute approximate surface area is 119 Å². The van der Waals surface area contributed by atoms with Gasteiger partial charge in [-0.05, 0) is 6.42 Å². The molecule has 0 aliphatic rings. The Balaban J connectivity index is 3.19. The van der Waals surface area contributed by atoms with Crippen molar-refractivity contribution in [3.05, 3.63) is 15.8 Å². The summed E-state index contributed by atoms with van der Waals surface area (Å²) in [5.41, 5.74) is -0.0945. The predicted octanol–water partition coefficient (Wildman–Crippen LogP) is 0.621. The zero-order valence-electron chi connectivity index (χ0n) is 11.6. The van der Waals surface area contributed by atoms with Crippen LogP contribution in [0.4, 0.5) is 11.5 Å². The van der Waals surface area contributed by atoms with Gasteiger partial charge in [-0.15, -0.1) is 0 Å². The molecule has 0 fully saturated rings. The fraction of sp³-hybridized carbons (Fsp3) is 0.545. The van der Waals surface area contributed by atoms with Gasteiger partial charge in [0.2, 0.25) is 5.82 Å². The molecule has 0 saturated carbocycles. The lowest BCUT2D eigenvalue weighted by Crippen LogP contribution is -2.32. The molecule has 0 amide bonds. The van der Waals surface area contributed by atoms with E-state index in [0.29, 0.717) is 12.8 Å². The molecule has 3 N–H and O–H groups in total. The first kappa shape index (κ1) is 16.4. The van der Waals surface area contributed by atoms with Gasteiger partial charge < -0.3 is 15.5 Å². The highest BCUT2D eigenvalue weighted by Crippen LogP contribution is 2.29. The van der Waals surface area contributed by atoms with Crippen LogP contribution in [0.3, 0.4) is 0 Å². The van der Waals surface area contributed by atoms with Crippen molar-refractivity contribution < 1.29 is 24.7 Å². The van der Waals surface area contributed by atoms with Gasteiger partial charge in [0.15, 0.2) is 0 Å². The van der Waals surface area contributed by atoms with E-state index in [9.17, 15) is 19.7 Å². The van der Waals surface area contributed by atoms with Crippen LogP contribution in [0.5, 0.6) is 0 Å². The molecule has 0 bridgehead atoms. The highest BCUT2D eigenvalue weighted by molar-refractivity contribution is 5.84. The van der Waals surface area contributed by atoms with E-state index < -0.39 is 29.3 Å².